The van der Waals surface area contributed by atoms with Gasteiger partial charge in [-0.3, -0.25) is 0 Å². The number of hydrogen-bond acceptors (Lipinski definition) is 2. The quantitative estimate of drug-likeness (QED) is 0.343. The van der Waals surface area contributed by atoms with Gasteiger partial charge in [-0.1, -0.05) is 74.5 Å². The van der Waals surface area contributed by atoms with Gasteiger partial charge in [-0.2, -0.15) is 0 Å². The monoisotopic (exact) mass is 404 g/mol. The molecule has 31 heavy (non-hydrogen) atoms. The summed E-state index contributed by atoms with van der Waals surface area (Å²) < 4.78 is 0. The molecule has 0 amide bonds. The minimum atomic E-state index is -0.398. The molecule has 0 unspecified atom stereocenters. The summed E-state index contributed by atoms with van der Waals surface area (Å²) in [5, 5.41) is 0. The van der Waals surface area contributed by atoms with Crippen LogP contribution in [-0.2, 0) is 18.3 Å². The Balaban J connectivity index is 2.01. The first-order chi connectivity index (χ1) is 15.1. The first-order valence-electron chi connectivity index (χ1n) is 11.1. The van der Waals surface area contributed by atoms with Crippen LogP contribution in [0.25, 0.3) is 11.1 Å². The lowest BCUT2D eigenvalue weighted by Gasteiger charge is -2.37. The standard InChI is InChI=1S/C29H28N2/c1-3-19-17-21(30)13-15-25(19)29(26-16-14-22(31)18-20(26)4-2)27-11-7-5-9-23(27)24-10-6-8-12-28(24)29/h5-18H,3-4,30-31H2,1-2H3. The fourth-order valence-electron chi connectivity index (χ4n) is 5.50. The summed E-state index contributed by atoms with van der Waals surface area (Å²) >= 11 is 0. The summed E-state index contributed by atoms with van der Waals surface area (Å²) in [5.74, 6) is 0. The normalized spacial score (nSPS) is 13.6. The summed E-state index contributed by atoms with van der Waals surface area (Å²) in [6.07, 6.45) is 1.84. The van der Waals surface area contributed by atoms with Gasteiger partial charge in [0.2, 0.25) is 0 Å². The lowest BCUT2D eigenvalue weighted by molar-refractivity contribution is 0.742. The SMILES string of the molecule is CCc1cc(N)ccc1C1(c2ccc(N)cc2CC)c2ccccc2-c2ccccc21. The van der Waals surface area contributed by atoms with Crippen LogP contribution in [-0.4, -0.2) is 0 Å². The topological polar surface area (TPSA) is 52.0 Å². The van der Waals surface area contributed by atoms with Gasteiger partial charge < -0.3 is 11.5 Å². The highest BCUT2D eigenvalue weighted by atomic mass is 14.6. The molecule has 4 aromatic rings. The van der Waals surface area contributed by atoms with E-state index in [1.54, 1.807) is 0 Å². The van der Waals surface area contributed by atoms with E-state index in [9.17, 15) is 0 Å². The number of fused-ring (bicyclic) bond motifs is 3. The van der Waals surface area contributed by atoms with Crippen LogP contribution in [0.4, 0.5) is 11.4 Å². The molecule has 4 aromatic carbocycles. The Morgan fingerprint density at radius 2 is 0.968 bits per heavy atom. The Morgan fingerprint density at radius 1 is 0.548 bits per heavy atom. The van der Waals surface area contributed by atoms with Gasteiger partial charge in [0.05, 0.1) is 5.41 Å². The lowest BCUT2D eigenvalue weighted by atomic mass is 9.64. The van der Waals surface area contributed by atoms with Crippen molar-refractivity contribution in [3.63, 3.8) is 0 Å². The van der Waals surface area contributed by atoms with E-state index in [1.165, 1.54) is 44.5 Å². The molecule has 1 aliphatic carbocycles. The number of nitrogen functional groups attached to an aromatic ring is 2. The third kappa shape index (κ3) is 2.71. The molecule has 0 bridgehead atoms. The van der Waals surface area contributed by atoms with Crippen molar-refractivity contribution < 1.29 is 0 Å². The number of hydrogen-bond donors (Lipinski definition) is 2. The van der Waals surface area contributed by atoms with E-state index in [0.717, 1.165) is 24.2 Å². The summed E-state index contributed by atoms with van der Waals surface area (Å²) in [7, 11) is 0. The van der Waals surface area contributed by atoms with Crippen molar-refractivity contribution in [1.29, 1.82) is 0 Å². The van der Waals surface area contributed by atoms with Crippen LogP contribution in [0.5, 0.6) is 0 Å². The molecule has 0 saturated carbocycles. The highest BCUT2D eigenvalue weighted by Gasteiger charge is 2.47. The minimum Gasteiger partial charge on any atom is -0.399 e. The Labute approximate surface area is 184 Å². The molecule has 0 spiro atoms. The van der Waals surface area contributed by atoms with Crippen molar-refractivity contribution >= 4 is 11.4 Å². The molecule has 0 aromatic heterocycles. The van der Waals surface area contributed by atoms with E-state index in [-0.39, 0.29) is 0 Å². The summed E-state index contributed by atoms with van der Waals surface area (Å²) in [6.45, 7) is 4.42. The van der Waals surface area contributed by atoms with Crippen molar-refractivity contribution in [3.8, 4) is 11.1 Å². The second-order valence-corrected chi connectivity index (χ2v) is 8.38. The van der Waals surface area contributed by atoms with Crippen LogP contribution < -0.4 is 11.5 Å². The second-order valence-electron chi connectivity index (χ2n) is 8.38. The predicted molar refractivity (Wildman–Crippen MR) is 131 cm³/mol. The third-order valence-electron chi connectivity index (χ3n) is 6.78. The molecule has 0 fully saturated rings. The lowest BCUT2D eigenvalue weighted by Crippen LogP contribution is -2.31. The molecule has 0 atom stereocenters. The molecule has 2 nitrogen and oxygen atoms in total. The van der Waals surface area contributed by atoms with Gasteiger partial charge in [0, 0.05) is 11.4 Å². The Morgan fingerprint density at radius 3 is 1.39 bits per heavy atom. The number of anilines is 2. The molecule has 1 aliphatic rings. The maximum absolute atomic E-state index is 6.23. The molecule has 2 heteroatoms. The molecule has 154 valence electrons. The molecule has 4 N–H and O–H groups in total. The van der Waals surface area contributed by atoms with Crippen LogP contribution in [0, 0.1) is 0 Å². The van der Waals surface area contributed by atoms with E-state index >= 15 is 0 Å². The van der Waals surface area contributed by atoms with Crippen LogP contribution in [0.1, 0.15) is 47.2 Å². The number of rotatable bonds is 4. The van der Waals surface area contributed by atoms with Crippen LogP contribution in [0.15, 0.2) is 84.9 Å². The number of benzene rings is 4. The zero-order valence-corrected chi connectivity index (χ0v) is 18.2. The zero-order valence-electron chi connectivity index (χ0n) is 18.2. The third-order valence-corrected chi connectivity index (χ3v) is 6.78. The highest BCUT2D eigenvalue weighted by Crippen LogP contribution is 2.57. The Bertz CT molecular complexity index is 1180. The average Bonchev–Trinajstić information content (AvgIpc) is 3.10. The van der Waals surface area contributed by atoms with Gasteiger partial charge in [0.25, 0.3) is 0 Å². The smallest absolute Gasteiger partial charge is 0.0718 e. The van der Waals surface area contributed by atoms with Gasteiger partial charge in [0.15, 0.2) is 0 Å². The molecule has 0 saturated heterocycles. The molecular weight excluding hydrogens is 376 g/mol. The van der Waals surface area contributed by atoms with Crippen LogP contribution in [0.2, 0.25) is 0 Å². The van der Waals surface area contributed by atoms with Crippen molar-refractivity contribution in [2.45, 2.75) is 32.1 Å². The predicted octanol–water partition coefficient (Wildman–Crippen LogP) is 6.34. The number of aryl methyl sites for hydroxylation is 2. The maximum atomic E-state index is 6.23. The van der Waals surface area contributed by atoms with Crippen molar-refractivity contribution in [3.05, 3.63) is 118 Å². The van der Waals surface area contributed by atoms with Gasteiger partial charge in [-0.15, -0.1) is 0 Å². The molecule has 5 rings (SSSR count). The fraction of sp³-hybridized carbons (Fsp3) is 0.172. The maximum Gasteiger partial charge on any atom is 0.0718 e. The second kappa shape index (κ2) is 7.31. The molecule has 0 heterocycles. The minimum absolute atomic E-state index is 0.398. The summed E-state index contributed by atoms with van der Waals surface area (Å²) in [5.41, 5.74) is 24.1. The van der Waals surface area contributed by atoms with Crippen molar-refractivity contribution in [2.24, 2.45) is 0 Å². The van der Waals surface area contributed by atoms with Gasteiger partial charge >= 0.3 is 0 Å². The van der Waals surface area contributed by atoms with Crippen LogP contribution >= 0.6 is 0 Å². The Hall–Kier alpha value is -3.52. The van der Waals surface area contributed by atoms with E-state index in [1.807, 2.05) is 12.1 Å². The van der Waals surface area contributed by atoms with Crippen molar-refractivity contribution in [1.82, 2.24) is 0 Å². The number of nitrogens with two attached hydrogens (primary N) is 2. The van der Waals surface area contributed by atoms with Gasteiger partial charge in [0.1, 0.15) is 0 Å². The van der Waals surface area contributed by atoms with Crippen LogP contribution in [0.3, 0.4) is 0 Å². The van der Waals surface area contributed by atoms with E-state index < -0.39 is 5.41 Å². The van der Waals surface area contributed by atoms with Crippen molar-refractivity contribution in [2.75, 3.05) is 11.5 Å². The Kier molecular flexibility index (Phi) is 4.59. The largest absolute Gasteiger partial charge is 0.399 e. The summed E-state index contributed by atoms with van der Waals surface area (Å²) in [6, 6.07) is 30.5. The molecule has 0 radical (unpaired) electrons. The van der Waals surface area contributed by atoms with E-state index in [2.05, 4.69) is 86.6 Å². The first-order valence-corrected chi connectivity index (χ1v) is 11.1. The summed E-state index contributed by atoms with van der Waals surface area (Å²) in [4.78, 5) is 0. The first kappa shape index (κ1) is 19.4. The zero-order chi connectivity index (χ0) is 21.6. The molecule has 0 aliphatic heterocycles. The van der Waals surface area contributed by atoms with Gasteiger partial charge in [-0.05, 0) is 81.6 Å². The fourth-order valence-corrected chi connectivity index (χ4v) is 5.50. The molecular formula is C29H28N2. The van der Waals surface area contributed by atoms with Gasteiger partial charge in [-0.25, -0.2) is 0 Å². The van der Waals surface area contributed by atoms with E-state index in [4.69, 9.17) is 11.5 Å². The van der Waals surface area contributed by atoms with E-state index in [0.29, 0.717) is 0 Å². The average molecular weight is 405 g/mol. The highest BCUT2D eigenvalue weighted by molar-refractivity contribution is 5.87.